The van der Waals surface area contributed by atoms with Crippen LogP contribution in [0.5, 0.6) is 0 Å². The Balaban J connectivity index is 1.72. The standard InChI is InChI=1S/C15H13N5O3/c16-11-3-1-9(2-4-11)5-12-6-10(8-23-12)13(21)7-14(22)15-17-19-20-18-15/h1-4,6-8,22H,5,16H2,(H,17,18,19,20). The molecule has 0 spiro atoms. The van der Waals surface area contributed by atoms with E-state index in [1.54, 1.807) is 18.2 Å². The Hall–Kier alpha value is -3.42. The van der Waals surface area contributed by atoms with Crippen molar-refractivity contribution in [3.63, 3.8) is 0 Å². The molecular formula is C15H13N5O3. The number of anilines is 1. The summed E-state index contributed by atoms with van der Waals surface area (Å²) in [5, 5.41) is 22.4. The highest BCUT2D eigenvalue weighted by Crippen LogP contribution is 2.16. The third-order valence-corrected chi connectivity index (χ3v) is 3.14. The molecule has 116 valence electrons. The Kier molecular flexibility index (Phi) is 3.88. The van der Waals surface area contributed by atoms with Crippen molar-refractivity contribution in [1.29, 1.82) is 0 Å². The lowest BCUT2D eigenvalue weighted by Gasteiger charge is -1.98. The minimum Gasteiger partial charge on any atom is -0.504 e. The van der Waals surface area contributed by atoms with Crippen molar-refractivity contribution >= 4 is 17.2 Å². The second-order valence-corrected chi connectivity index (χ2v) is 4.85. The summed E-state index contributed by atoms with van der Waals surface area (Å²) in [6.07, 6.45) is 2.89. The summed E-state index contributed by atoms with van der Waals surface area (Å²) >= 11 is 0. The molecular weight excluding hydrogens is 298 g/mol. The predicted octanol–water partition coefficient (Wildman–Crippen LogP) is 1.75. The number of aromatic nitrogens is 4. The molecule has 0 bridgehead atoms. The van der Waals surface area contributed by atoms with Crippen LogP contribution in [0.4, 0.5) is 5.69 Å². The van der Waals surface area contributed by atoms with Gasteiger partial charge in [0.05, 0.1) is 5.56 Å². The van der Waals surface area contributed by atoms with E-state index in [-0.39, 0.29) is 11.6 Å². The van der Waals surface area contributed by atoms with Crippen LogP contribution in [0, 0.1) is 0 Å². The number of nitrogens with zero attached hydrogens (tertiary/aromatic N) is 3. The number of allylic oxidation sites excluding steroid dienone is 1. The largest absolute Gasteiger partial charge is 0.504 e. The maximum Gasteiger partial charge on any atom is 0.239 e. The van der Waals surface area contributed by atoms with Gasteiger partial charge in [0.2, 0.25) is 5.82 Å². The number of hydrogen-bond donors (Lipinski definition) is 3. The Morgan fingerprint density at radius 2 is 2.13 bits per heavy atom. The van der Waals surface area contributed by atoms with E-state index < -0.39 is 5.78 Å². The molecule has 2 aromatic heterocycles. The number of H-pyrrole nitrogens is 1. The number of furan rings is 1. The molecule has 0 fully saturated rings. The molecule has 0 saturated heterocycles. The average Bonchev–Trinajstić information content (AvgIpc) is 3.21. The van der Waals surface area contributed by atoms with Gasteiger partial charge in [0.1, 0.15) is 12.0 Å². The van der Waals surface area contributed by atoms with E-state index in [1.165, 1.54) is 6.26 Å². The highest BCUT2D eigenvalue weighted by atomic mass is 16.3. The van der Waals surface area contributed by atoms with Gasteiger partial charge >= 0.3 is 0 Å². The number of aliphatic hydroxyl groups is 1. The van der Waals surface area contributed by atoms with E-state index in [2.05, 4.69) is 20.6 Å². The first-order valence-electron chi connectivity index (χ1n) is 6.72. The number of carbonyl (C=O) groups is 1. The number of benzene rings is 1. The molecule has 0 amide bonds. The molecule has 2 heterocycles. The molecule has 8 nitrogen and oxygen atoms in total. The van der Waals surface area contributed by atoms with Gasteiger partial charge in [-0.25, -0.2) is 0 Å². The average molecular weight is 311 g/mol. The number of ketones is 1. The fourth-order valence-electron chi connectivity index (χ4n) is 1.98. The number of hydrogen-bond acceptors (Lipinski definition) is 7. The molecule has 8 heteroatoms. The molecule has 3 rings (SSSR count). The number of nitrogens with two attached hydrogens (primary N) is 1. The smallest absolute Gasteiger partial charge is 0.239 e. The van der Waals surface area contributed by atoms with Crippen molar-refractivity contribution in [2.24, 2.45) is 0 Å². The Morgan fingerprint density at radius 1 is 1.35 bits per heavy atom. The van der Waals surface area contributed by atoms with Crippen molar-refractivity contribution in [3.8, 4) is 0 Å². The Bertz CT molecular complexity index is 834. The minimum absolute atomic E-state index is 0.0519. The zero-order chi connectivity index (χ0) is 16.2. The van der Waals surface area contributed by atoms with Gasteiger partial charge in [0, 0.05) is 18.2 Å². The predicted molar refractivity (Wildman–Crippen MR) is 81.5 cm³/mol. The van der Waals surface area contributed by atoms with Crippen LogP contribution in [-0.2, 0) is 6.42 Å². The summed E-state index contributed by atoms with van der Waals surface area (Å²) in [6, 6.07) is 9.01. The van der Waals surface area contributed by atoms with E-state index in [0.717, 1.165) is 11.6 Å². The van der Waals surface area contributed by atoms with Crippen LogP contribution >= 0.6 is 0 Å². The van der Waals surface area contributed by atoms with E-state index in [1.807, 2.05) is 12.1 Å². The quantitative estimate of drug-likeness (QED) is 0.283. The van der Waals surface area contributed by atoms with Crippen molar-refractivity contribution in [2.45, 2.75) is 6.42 Å². The van der Waals surface area contributed by atoms with Crippen molar-refractivity contribution in [3.05, 3.63) is 65.4 Å². The lowest BCUT2D eigenvalue weighted by atomic mass is 10.1. The Labute approximate surface area is 130 Å². The maximum atomic E-state index is 12.1. The second kappa shape index (κ2) is 6.14. The fraction of sp³-hybridized carbons (Fsp3) is 0.0667. The minimum atomic E-state index is -0.417. The first-order valence-corrected chi connectivity index (χ1v) is 6.72. The summed E-state index contributed by atoms with van der Waals surface area (Å²) in [5.74, 6) is -0.209. The van der Waals surface area contributed by atoms with Crippen LogP contribution < -0.4 is 5.73 Å². The SMILES string of the molecule is Nc1ccc(Cc2cc(C(=O)C=C(O)c3nn[nH]n3)co2)cc1. The highest BCUT2D eigenvalue weighted by molar-refractivity contribution is 6.07. The van der Waals surface area contributed by atoms with Gasteiger partial charge in [0.15, 0.2) is 11.5 Å². The number of carbonyl (C=O) groups excluding carboxylic acids is 1. The van der Waals surface area contributed by atoms with Gasteiger partial charge < -0.3 is 15.3 Å². The molecule has 0 aliphatic carbocycles. The van der Waals surface area contributed by atoms with Crippen LogP contribution in [0.3, 0.4) is 0 Å². The van der Waals surface area contributed by atoms with Crippen molar-refractivity contribution < 1.29 is 14.3 Å². The number of aromatic amines is 1. The number of tetrazole rings is 1. The van der Waals surface area contributed by atoms with Crippen LogP contribution in [0.25, 0.3) is 5.76 Å². The molecule has 1 aromatic carbocycles. The third kappa shape index (κ3) is 3.43. The summed E-state index contributed by atoms with van der Waals surface area (Å²) in [5.41, 5.74) is 7.66. The fourth-order valence-corrected chi connectivity index (χ4v) is 1.98. The molecule has 0 radical (unpaired) electrons. The normalized spacial score (nSPS) is 11.6. The summed E-state index contributed by atoms with van der Waals surface area (Å²) in [7, 11) is 0. The van der Waals surface area contributed by atoms with E-state index in [9.17, 15) is 9.90 Å². The first-order chi connectivity index (χ1) is 11.1. The lowest BCUT2D eigenvalue weighted by molar-refractivity contribution is 0.104. The van der Waals surface area contributed by atoms with Gasteiger partial charge in [0.25, 0.3) is 0 Å². The number of nitrogens with one attached hydrogen (secondary N) is 1. The van der Waals surface area contributed by atoms with Crippen LogP contribution in [0.15, 0.2) is 47.1 Å². The number of nitrogen functional groups attached to an aromatic ring is 1. The van der Waals surface area contributed by atoms with Crippen molar-refractivity contribution in [2.75, 3.05) is 5.73 Å². The molecule has 0 saturated carbocycles. The Morgan fingerprint density at radius 3 is 2.83 bits per heavy atom. The molecule has 3 aromatic rings. The van der Waals surface area contributed by atoms with Gasteiger partial charge in [-0.2, -0.15) is 5.21 Å². The van der Waals surface area contributed by atoms with E-state index in [4.69, 9.17) is 10.2 Å². The molecule has 23 heavy (non-hydrogen) atoms. The van der Waals surface area contributed by atoms with E-state index >= 15 is 0 Å². The molecule has 4 N–H and O–H groups in total. The van der Waals surface area contributed by atoms with Crippen LogP contribution in [-0.4, -0.2) is 31.5 Å². The molecule has 0 unspecified atom stereocenters. The molecule has 0 atom stereocenters. The monoisotopic (exact) mass is 311 g/mol. The van der Waals surface area contributed by atoms with Gasteiger partial charge in [-0.3, -0.25) is 4.79 Å². The molecule has 0 aliphatic heterocycles. The zero-order valence-corrected chi connectivity index (χ0v) is 11.9. The van der Waals surface area contributed by atoms with Crippen LogP contribution in [0.1, 0.15) is 27.5 Å². The summed E-state index contributed by atoms with van der Waals surface area (Å²) in [4.78, 5) is 12.1. The summed E-state index contributed by atoms with van der Waals surface area (Å²) < 4.78 is 5.38. The topological polar surface area (TPSA) is 131 Å². The zero-order valence-electron chi connectivity index (χ0n) is 11.9. The highest BCUT2D eigenvalue weighted by Gasteiger charge is 2.12. The van der Waals surface area contributed by atoms with E-state index in [0.29, 0.717) is 23.4 Å². The lowest BCUT2D eigenvalue weighted by Crippen LogP contribution is -1.96. The van der Waals surface area contributed by atoms with Gasteiger partial charge in [-0.1, -0.05) is 12.1 Å². The first kappa shape index (κ1) is 14.5. The number of rotatable bonds is 5. The van der Waals surface area contributed by atoms with Crippen molar-refractivity contribution in [1.82, 2.24) is 20.6 Å². The second-order valence-electron chi connectivity index (χ2n) is 4.85. The van der Waals surface area contributed by atoms with Crippen LogP contribution in [0.2, 0.25) is 0 Å². The maximum absolute atomic E-state index is 12.1. The summed E-state index contributed by atoms with van der Waals surface area (Å²) in [6.45, 7) is 0. The molecule has 0 aliphatic rings. The van der Waals surface area contributed by atoms with Gasteiger partial charge in [-0.15, -0.1) is 10.2 Å². The number of aliphatic hydroxyl groups excluding tert-OH is 1. The van der Waals surface area contributed by atoms with Gasteiger partial charge in [-0.05, 0) is 29.0 Å². The third-order valence-electron chi connectivity index (χ3n) is 3.14.